The molecule has 33 heavy (non-hydrogen) atoms. The molecular weight excluding hydrogens is 467 g/mol. The van der Waals surface area contributed by atoms with E-state index < -0.39 is 11.7 Å². The second kappa shape index (κ2) is 8.81. The second-order valence-electron chi connectivity index (χ2n) is 8.32. The molecule has 0 bridgehead atoms. The van der Waals surface area contributed by atoms with Crippen LogP contribution in [-0.4, -0.2) is 34.2 Å². The highest BCUT2D eigenvalue weighted by molar-refractivity contribution is 7.99. The summed E-state index contributed by atoms with van der Waals surface area (Å²) < 4.78 is 41.5. The van der Waals surface area contributed by atoms with Crippen molar-refractivity contribution < 1.29 is 13.2 Å². The monoisotopic (exact) mass is 491 g/mol. The van der Waals surface area contributed by atoms with Crippen molar-refractivity contribution in [2.75, 3.05) is 30.0 Å². The minimum absolute atomic E-state index is 0.0839. The molecule has 2 aromatic heterocycles. The summed E-state index contributed by atoms with van der Waals surface area (Å²) in [7, 11) is 2.07. The van der Waals surface area contributed by atoms with Crippen molar-refractivity contribution in [2.24, 2.45) is 0 Å². The fourth-order valence-corrected chi connectivity index (χ4v) is 6.49. The summed E-state index contributed by atoms with van der Waals surface area (Å²) in [5.41, 5.74) is 3.54. The Hall–Kier alpha value is -2.30. The number of halogens is 3. The normalized spacial score (nSPS) is 16.2. The standard InChI is InChI=1S/C23H24F3N5S2/c1-3-13-7-14-11-31(2)12-15(14)8-17(13)29-22-28-10-16(23(24,25)26)20(30-22)18-9-19-21(33-18)27-5-4-6-32-19/h7-10,27H,3-6,11-12H2,1-2H3,(H,28,29,30). The van der Waals surface area contributed by atoms with E-state index in [4.69, 9.17) is 0 Å². The van der Waals surface area contributed by atoms with E-state index in [9.17, 15) is 13.2 Å². The van der Waals surface area contributed by atoms with Crippen molar-refractivity contribution in [3.05, 3.63) is 46.6 Å². The molecule has 1 aromatic carbocycles. The first-order valence-corrected chi connectivity index (χ1v) is 12.7. The van der Waals surface area contributed by atoms with Crippen molar-refractivity contribution in [1.29, 1.82) is 0 Å². The molecule has 0 atom stereocenters. The number of nitrogens with one attached hydrogen (secondary N) is 2. The van der Waals surface area contributed by atoms with Gasteiger partial charge in [0.25, 0.3) is 0 Å². The van der Waals surface area contributed by atoms with E-state index in [-0.39, 0.29) is 11.6 Å². The number of anilines is 3. The van der Waals surface area contributed by atoms with E-state index in [1.165, 1.54) is 22.5 Å². The minimum Gasteiger partial charge on any atom is -0.376 e. The summed E-state index contributed by atoms with van der Waals surface area (Å²) in [5.74, 6) is 1.11. The predicted molar refractivity (Wildman–Crippen MR) is 128 cm³/mol. The zero-order chi connectivity index (χ0) is 23.2. The molecule has 2 aliphatic heterocycles. The third kappa shape index (κ3) is 4.56. The number of alkyl halides is 3. The summed E-state index contributed by atoms with van der Waals surface area (Å²) in [6, 6.07) is 6.06. The van der Waals surface area contributed by atoms with Crippen LogP contribution < -0.4 is 10.6 Å². The van der Waals surface area contributed by atoms with E-state index in [0.717, 1.165) is 65.6 Å². The molecule has 0 radical (unpaired) electrons. The SMILES string of the molecule is CCc1cc2c(cc1Nc1ncc(C(F)(F)F)c(-c3cc4c(s3)NCCCS4)n1)CN(C)C2. The number of nitrogens with zero attached hydrogens (tertiary/aromatic N) is 3. The van der Waals surface area contributed by atoms with Gasteiger partial charge in [-0.1, -0.05) is 13.0 Å². The van der Waals surface area contributed by atoms with Crippen molar-refractivity contribution >= 4 is 39.7 Å². The van der Waals surface area contributed by atoms with E-state index in [1.54, 1.807) is 11.8 Å². The number of benzene rings is 1. The Bertz CT molecular complexity index is 1170. The van der Waals surface area contributed by atoms with Gasteiger partial charge < -0.3 is 10.6 Å². The number of thiophene rings is 1. The molecule has 2 N–H and O–H groups in total. The lowest BCUT2D eigenvalue weighted by Crippen LogP contribution is -2.11. The molecule has 0 aliphatic carbocycles. The van der Waals surface area contributed by atoms with Crippen molar-refractivity contribution in [2.45, 2.75) is 43.9 Å². The van der Waals surface area contributed by atoms with Crippen molar-refractivity contribution in [3.8, 4) is 10.6 Å². The average molecular weight is 492 g/mol. The zero-order valence-corrected chi connectivity index (χ0v) is 20.0. The molecule has 0 unspecified atom stereocenters. The van der Waals surface area contributed by atoms with Gasteiger partial charge in [0.2, 0.25) is 5.95 Å². The predicted octanol–water partition coefficient (Wildman–Crippen LogP) is 6.38. The number of hydrogen-bond acceptors (Lipinski definition) is 7. The molecule has 3 aromatic rings. The molecule has 0 spiro atoms. The lowest BCUT2D eigenvalue weighted by Gasteiger charge is -2.15. The Morgan fingerprint density at radius 1 is 1.18 bits per heavy atom. The molecule has 0 amide bonds. The summed E-state index contributed by atoms with van der Waals surface area (Å²) in [6.45, 7) is 4.63. The van der Waals surface area contributed by atoms with Crippen LogP contribution in [0.2, 0.25) is 0 Å². The second-order valence-corrected chi connectivity index (χ2v) is 10.5. The lowest BCUT2D eigenvalue weighted by atomic mass is 10.0. The van der Waals surface area contributed by atoms with Crippen LogP contribution >= 0.6 is 23.1 Å². The summed E-state index contributed by atoms with van der Waals surface area (Å²) in [4.78, 5) is 12.1. The summed E-state index contributed by atoms with van der Waals surface area (Å²) >= 11 is 2.98. The molecule has 5 rings (SSSR count). The molecule has 2 aliphatic rings. The van der Waals surface area contributed by atoms with E-state index >= 15 is 0 Å². The molecule has 174 valence electrons. The Kier molecular flexibility index (Phi) is 6.00. The first-order valence-electron chi connectivity index (χ1n) is 10.9. The van der Waals surface area contributed by atoms with E-state index in [2.05, 4.69) is 51.6 Å². The summed E-state index contributed by atoms with van der Waals surface area (Å²) in [5, 5.41) is 7.44. The zero-order valence-electron chi connectivity index (χ0n) is 18.3. The largest absolute Gasteiger partial charge is 0.420 e. The smallest absolute Gasteiger partial charge is 0.376 e. The minimum atomic E-state index is -4.54. The van der Waals surface area contributed by atoms with Crippen LogP contribution in [0.3, 0.4) is 0 Å². The van der Waals surface area contributed by atoms with Gasteiger partial charge in [0.05, 0.1) is 10.6 Å². The average Bonchev–Trinajstić information content (AvgIpc) is 3.27. The van der Waals surface area contributed by atoms with E-state index in [0.29, 0.717) is 4.88 Å². The number of aromatic nitrogens is 2. The number of rotatable bonds is 4. The summed E-state index contributed by atoms with van der Waals surface area (Å²) in [6.07, 6.45) is -1.83. The first kappa shape index (κ1) is 22.5. The number of thioether (sulfide) groups is 1. The highest BCUT2D eigenvalue weighted by Gasteiger charge is 2.36. The third-order valence-corrected chi connectivity index (χ3v) is 8.18. The highest BCUT2D eigenvalue weighted by atomic mass is 32.2. The van der Waals surface area contributed by atoms with Gasteiger partial charge in [-0.3, -0.25) is 4.90 Å². The third-order valence-electron chi connectivity index (χ3n) is 5.82. The number of fused-ring (bicyclic) bond motifs is 2. The maximum absolute atomic E-state index is 13.8. The van der Waals surface area contributed by atoms with Crippen LogP contribution in [0.25, 0.3) is 10.6 Å². The van der Waals surface area contributed by atoms with Gasteiger partial charge in [-0.25, -0.2) is 9.97 Å². The highest BCUT2D eigenvalue weighted by Crippen LogP contribution is 2.45. The molecule has 0 saturated heterocycles. The first-order chi connectivity index (χ1) is 15.8. The van der Waals surface area contributed by atoms with Crippen LogP contribution in [0.15, 0.2) is 29.3 Å². The van der Waals surface area contributed by atoms with Crippen molar-refractivity contribution in [1.82, 2.24) is 14.9 Å². The molecule has 4 heterocycles. The van der Waals surface area contributed by atoms with Crippen LogP contribution in [0, 0.1) is 0 Å². The Balaban J connectivity index is 1.54. The Morgan fingerprint density at radius 3 is 2.73 bits per heavy atom. The lowest BCUT2D eigenvalue weighted by molar-refractivity contribution is -0.137. The van der Waals surface area contributed by atoms with E-state index in [1.807, 2.05) is 6.07 Å². The molecule has 10 heteroatoms. The fourth-order valence-electron chi connectivity index (χ4n) is 4.22. The van der Waals surface area contributed by atoms with Gasteiger partial charge in [-0.2, -0.15) is 13.2 Å². The van der Waals surface area contributed by atoms with Gasteiger partial charge in [-0.05, 0) is 54.5 Å². The Labute approximate surface area is 198 Å². The number of aryl methyl sites for hydroxylation is 1. The number of hydrogen-bond donors (Lipinski definition) is 2. The topological polar surface area (TPSA) is 53.1 Å². The fraction of sp³-hybridized carbons (Fsp3) is 0.391. The van der Waals surface area contributed by atoms with Gasteiger partial charge in [-0.15, -0.1) is 23.1 Å². The van der Waals surface area contributed by atoms with Gasteiger partial charge >= 0.3 is 6.18 Å². The molecule has 5 nitrogen and oxygen atoms in total. The maximum Gasteiger partial charge on any atom is 0.420 e. The van der Waals surface area contributed by atoms with Crippen molar-refractivity contribution in [3.63, 3.8) is 0 Å². The van der Waals surface area contributed by atoms with Crippen LogP contribution in [0.4, 0.5) is 29.8 Å². The maximum atomic E-state index is 13.8. The van der Waals surface area contributed by atoms with Crippen LogP contribution in [0.5, 0.6) is 0 Å². The van der Waals surface area contributed by atoms with Gasteiger partial charge in [0.1, 0.15) is 10.6 Å². The van der Waals surface area contributed by atoms with Crippen LogP contribution in [0.1, 0.15) is 35.6 Å². The Morgan fingerprint density at radius 2 is 1.97 bits per heavy atom. The quantitative estimate of drug-likeness (QED) is 0.442. The molecule has 0 fully saturated rings. The van der Waals surface area contributed by atoms with Gasteiger partial charge in [0, 0.05) is 36.4 Å². The molecular formula is C23H24F3N5S2. The molecule has 0 saturated carbocycles. The van der Waals surface area contributed by atoms with Gasteiger partial charge in [0.15, 0.2) is 0 Å². The van der Waals surface area contributed by atoms with Crippen LogP contribution in [-0.2, 0) is 25.7 Å².